The van der Waals surface area contributed by atoms with E-state index in [1.165, 1.54) is 16.4 Å². The van der Waals surface area contributed by atoms with Gasteiger partial charge < -0.3 is 14.8 Å². The van der Waals surface area contributed by atoms with Crippen molar-refractivity contribution in [1.29, 1.82) is 0 Å². The average Bonchev–Trinajstić information content (AvgIpc) is 2.78. The summed E-state index contributed by atoms with van der Waals surface area (Å²) in [5, 5.41) is 2.79. The molecule has 0 aliphatic carbocycles. The number of nitrogens with one attached hydrogen (secondary N) is 1. The molecule has 1 heterocycles. The van der Waals surface area contributed by atoms with E-state index in [9.17, 15) is 13.2 Å². The van der Waals surface area contributed by atoms with Gasteiger partial charge in [-0.25, -0.2) is 8.42 Å². The quantitative estimate of drug-likeness (QED) is 0.613. The van der Waals surface area contributed by atoms with E-state index in [1.807, 2.05) is 6.92 Å². The number of hydrogen-bond acceptors (Lipinski definition) is 5. The Hall–Kier alpha value is -2.42. The van der Waals surface area contributed by atoms with Crippen LogP contribution in [-0.2, 0) is 14.8 Å². The molecule has 30 heavy (non-hydrogen) atoms. The van der Waals surface area contributed by atoms with E-state index in [4.69, 9.17) is 9.47 Å². The van der Waals surface area contributed by atoms with Crippen molar-refractivity contribution in [2.75, 3.05) is 38.2 Å². The molecule has 0 bridgehead atoms. The third kappa shape index (κ3) is 5.81. The molecule has 1 aliphatic rings. The maximum Gasteiger partial charge on any atom is 0.255 e. The second kappa shape index (κ2) is 10.6. The van der Waals surface area contributed by atoms with E-state index in [-0.39, 0.29) is 10.8 Å². The van der Waals surface area contributed by atoms with Crippen molar-refractivity contribution in [2.24, 2.45) is 0 Å². The Morgan fingerprint density at radius 1 is 0.967 bits per heavy atom. The lowest BCUT2D eigenvalue weighted by Gasteiger charge is -2.25. The van der Waals surface area contributed by atoms with Crippen molar-refractivity contribution < 1.29 is 22.7 Å². The Morgan fingerprint density at radius 2 is 1.63 bits per heavy atom. The number of sulfonamides is 1. The van der Waals surface area contributed by atoms with Crippen LogP contribution >= 0.6 is 0 Å². The zero-order chi connectivity index (χ0) is 21.4. The fraction of sp³-hybridized carbons (Fsp3) is 0.409. The number of rotatable bonds is 9. The molecular formula is C22H28N2O5S. The van der Waals surface area contributed by atoms with Crippen LogP contribution in [0.5, 0.6) is 5.75 Å². The molecule has 0 unspecified atom stereocenters. The van der Waals surface area contributed by atoms with Gasteiger partial charge in [0, 0.05) is 30.9 Å². The van der Waals surface area contributed by atoms with Crippen molar-refractivity contribution in [3.63, 3.8) is 0 Å². The summed E-state index contributed by atoms with van der Waals surface area (Å²) >= 11 is 0. The maximum absolute atomic E-state index is 12.7. The van der Waals surface area contributed by atoms with E-state index in [0.717, 1.165) is 19.3 Å². The number of carbonyl (C=O) groups excluding carboxylic acids is 1. The largest absolute Gasteiger partial charge is 0.491 e. The minimum Gasteiger partial charge on any atom is -0.491 e. The Balaban J connectivity index is 1.57. The highest BCUT2D eigenvalue weighted by Gasteiger charge is 2.25. The molecule has 0 spiro atoms. The van der Waals surface area contributed by atoms with Crippen LogP contribution < -0.4 is 10.1 Å². The Morgan fingerprint density at radius 3 is 2.27 bits per heavy atom. The van der Waals surface area contributed by atoms with Gasteiger partial charge in [0.2, 0.25) is 10.0 Å². The lowest BCUT2D eigenvalue weighted by Crippen LogP contribution is -2.35. The first-order chi connectivity index (χ1) is 14.5. The number of hydrogen-bond donors (Lipinski definition) is 1. The zero-order valence-corrected chi connectivity index (χ0v) is 18.0. The van der Waals surface area contributed by atoms with Crippen LogP contribution in [0.1, 0.15) is 36.5 Å². The van der Waals surface area contributed by atoms with Crippen LogP contribution in [0.3, 0.4) is 0 Å². The molecule has 0 saturated carbocycles. The number of carbonyl (C=O) groups is 1. The highest BCUT2D eigenvalue weighted by atomic mass is 32.2. The summed E-state index contributed by atoms with van der Waals surface area (Å²) in [5.41, 5.74) is 1.02. The molecule has 1 fully saturated rings. The molecule has 0 atom stereocenters. The van der Waals surface area contributed by atoms with Crippen molar-refractivity contribution in [2.45, 2.75) is 31.1 Å². The summed E-state index contributed by atoms with van der Waals surface area (Å²) in [6, 6.07) is 13.1. The van der Waals surface area contributed by atoms with Gasteiger partial charge in [0.05, 0.1) is 11.5 Å². The Labute approximate surface area is 178 Å². The third-order valence-electron chi connectivity index (χ3n) is 4.88. The van der Waals surface area contributed by atoms with Gasteiger partial charge in [-0.15, -0.1) is 0 Å². The smallest absolute Gasteiger partial charge is 0.255 e. The van der Waals surface area contributed by atoms with Gasteiger partial charge in [0.1, 0.15) is 12.4 Å². The second-order valence-electron chi connectivity index (χ2n) is 7.01. The molecule has 8 heteroatoms. The van der Waals surface area contributed by atoms with Gasteiger partial charge in [0.25, 0.3) is 5.91 Å². The van der Waals surface area contributed by atoms with E-state index in [1.54, 1.807) is 36.4 Å². The lowest BCUT2D eigenvalue weighted by atomic mass is 10.2. The first kappa shape index (κ1) is 22.3. The second-order valence-corrected chi connectivity index (χ2v) is 8.95. The first-order valence-corrected chi connectivity index (χ1v) is 11.7. The predicted octanol–water partition coefficient (Wildman–Crippen LogP) is 3.53. The van der Waals surface area contributed by atoms with Crippen LogP contribution in [0.2, 0.25) is 0 Å². The molecule has 1 aliphatic heterocycles. The number of amides is 1. The molecule has 7 nitrogen and oxygen atoms in total. The zero-order valence-electron chi connectivity index (χ0n) is 17.2. The molecule has 1 amide bonds. The van der Waals surface area contributed by atoms with E-state index in [0.29, 0.717) is 49.9 Å². The lowest BCUT2D eigenvalue weighted by molar-refractivity contribution is 0.102. The SMILES string of the molecule is CCOCCOc1ccc(C(=O)Nc2ccc(S(=O)(=O)N3CCCCC3)cc2)cc1. The maximum atomic E-state index is 12.7. The normalized spacial score (nSPS) is 15.0. The molecule has 0 radical (unpaired) electrons. The van der Waals surface area contributed by atoms with E-state index < -0.39 is 10.0 Å². The highest BCUT2D eigenvalue weighted by Crippen LogP contribution is 2.22. The number of nitrogens with zero attached hydrogens (tertiary/aromatic N) is 1. The van der Waals surface area contributed by atoms with Crippen molar-refractivity contribution in [3.8, 4) is 5.75 Å². The molecular weight excluding hydrogens is 404 g/mol. The molecule has 162 valence electrons. The summed E-state index contributed by atoms with van der Waals surface area (Å²) in [4.78, 5) is 12.7. The van der Waals surface area contributed by atoms with Gasteiger partial charge in [-0.2, -0.15) is 4.31 Å². The fourth-order valence-electron chi connectivity index (χ4n) is 3.23. The Bertz CT molecular complexity index is 921. The Kier molecular flexibility index (Phi) is 7.84. The summed E-state index contributed by atoms with van der Waals surface area (Å²) < 4.78 is 37.7. The summed E-state index contributed by atoms with van der Waals surface area (Å²) in [5.74, 6) is 0.390. The van der Waals surface area contributed by atoms with E-state index >= 15 is 0 Å². The van der Waals surface area contributed by atoms with Gasteiger partial charge in [-0.1, -0.05) is 6.42 Å². The first-order valence-electron chi connectivity index (χ1n) is 10.2. The molecule has 2 aromatic rings. The van der Waals surface area contributed by atoms with Gasteiger partial charge in [0.15, 0.2) is 0 Å². The summed E-state index contributed by atoms with van der Waals surface area (Å²) in [6.45, 7) is 4.66. The predicted molar refractivity (Wildman–Crippen MR) is 115 cm³/mol. The average molecular weight is 433 g/mol. The van der Waals surface area contributed by atoms with Crippen molar-refractivity contribution in [3.05, 3.63) is 54.1 Å². The fourth-order valence-corrected chi connectivity index (χ4v) is 4.75. The number of ether oxygens (including phenoxy) is 2. The number of anilines is 1. The minimum absolute atomic E-state index is 0.246. The van der Waals surface area contributed by atoms with Gasteiger partial charge in [-0.3, -0.25) is 4.79 Å². The summed E-state index contributed by atoms with van der Waals surface area (Å²) in [6.07, 6.45) is 2.85. The van der Waals surface area contributed by atoms with Crippen LogP contribution in [0.15, 0.2) is 53.4 Å². The monoisotopic (exact) mass is 432 g/mol. The topological polar surface area (TPSA) is 84.9 Å². The van der Waals surface area contributed by atoms with E-state index in [2.05, 4.69) is 5.32 Å². The molecule has 1 saturated heterocycles. The van der Waals surface area contributed by atoms with Crippen LogP contribution in [-0.4, -0.2) is 51.5 Å². The van der Waals surface area contributed by atoms with Gasteiger partial charge in [-0.05, 0) is 68.3 Å². The van der Waals surface area contributed by atoms with Crippen LogP contribution in [0.25, 0.3) is 0 Å². The van der Waals surface area contributed by atoms with Gasteiger partial charge >= 0.3 is 0 Å². The van der Waals surface area contributed by atoms with Crippen molar-refractivity contribution >= 4 is 21.6 Å². The van der Waals surface area contributed by atoms with Crippen LogP contribution in [0.4, 0.5) is 5.69 Å². The number of benzene rings is 2. The molecule has 0 aromatic heterocycles. The molecule has 1 N–H and O–H groups in total. The highest BCUT2D eigenvalue weighted by molar-refractivity contribution is 7.89. The van der Waals surface area contributed by atoms with Crippen molar-refractivity contribution in [1.82, 2.24) is 4.31 Å². The summed E-state index contributed by atoms with van der Waals surface area (Å²) in [7, 11) is -3.48. The number of piperidine rings is 1. The molecule has 2 aromatic carbocycles. The minimum atomic E-state index is -3.48. The third-order valence-corrected chi connectivity index (χ3v) is 6.79. The standard InChI is InChI=1S/C22H28N2O5S/c1-2-28-16-17-29-20-10-6-18(7-11-20)22(25)23-19-8-12-21(13-9-19)30(26,27)24-14-4-3-5-15-24/h6-13H,2-5,14-17H2,1H3,(H,23,25). The molecule has 3 rings (SSSR count). The van der Waals surface area contributed by atoms with Crippen LogP contribution in [0, 0.1) is 0 Å².